The molecular formula is C12H11F3O. The molecule has 1 aliphatic heterocycles. The van der Waals surface area contributed by atoms with Crippen molar-refractivity contribution in [2.45, 2.75) is 18.9 Å². The van der Waals surface area contributed by atoms with Crippen LogP contribution in [0.25, 0.3) is 5.57 Å². The van der Waals surface area contributed by atoms with Crippen molar-refractivity contribution in [2.24, 2.45) is 0 Å². The third-order valence-electron chi connectivity index (χ3n) is 2.59. The van der Waals surface area contributed by atoms with Gasteiger partial charge in [0.15, 0.2) is 0 Å². The molecule has 1 aromatic rings. The van der Waals surface area contributed by atoms with E-state index in [1.165, 1.54) is 18.4 Å². The van der Waals surface area contributed by atoms with E-state index in [0.29, 0.717) is 24.0 Å². The molecule has 0 aliphatic carbocycles. The second-order valence-electron chi connectivity index (χ2n) is 3.72. The van der Waals surface area contributed by atoms with E-state index in [9.17, 15) is 13.2 Å². The van der Waals surface area contributed by atoms with Crippen LogP contribution in [-0.2, 0) is 4.74 Å². The topological polar surface area (TPSA) is 9.23 Å². The molecule has 1 heterocycles. The van der Waals surface area contributed by atoms with Gasteiger partial charge in [0, 0.05) is 11.6 Å². The van der Waals surface area contributed by atoms with Gasteiger partial charge in [-0.05, 0) is 30.5 Å². The van der Waals surface area contributed by atoms with E-state index in [1.807, 2.05) is 0 Å². The van der Waals surface area contributed by atoms with E-state index in [1.54, 1.807) is 0 Å². The van der Waals surface area contributed by atoms with Crippen molar-refractivity contribution < 1.29 is 17.9 Å². The van der Waals surface area contributed by atoms with Crippen LogP contribution >= 0.6 is 0 Å². The molecule has 1 unspecified atom stereocenters. The standard InChI is InChI=1S/C12H11F3O/c13-6-10-3-1-8(7-16-10)11-4-2-9(14)5-12(11)15/h2,4-5,7,10H,1,3,6H2. The number of hydrogen-bond acceptors (Lipinski definition) is 1. The lowest BCUT2D eigenvalue weighted by Crippen LogP contribution is -2.16. The van der Waals surface area contributed by atoms with Crippen molar-refractivity contribution in [3.8, 4) is 0 Å². The molecule has 2 rings (SSSR count). The van der Waals surface area contributed by atoms with Gasteiger partial charge in [0.05, 0.1) is 6.26 Å². The summed E-state index contributed by atoms with van der Waals surface area (Å²) in [5, 5.41) is 0. The smallest absolute Gasteiger partial charge is 0.133 e. The number of alkyl halides is 1. The first-order chi connectivity index (χ1) is 7.70. The van der Waals surface area contributed by atoms with Gasteiger partial charge >= 0.3 is 0 Å². The quantitative estimate of drug-likeness (QED) is 0.753. The minimum Gasteiger partial charge on any atom is -0.495 e. The Morgan fingerprint density at radius 1 is 1.31 bits per heavy atom. The number of allylic oxidation sites excluding steroid dienone is 1. The van der Waals surface area contributed by atoms with Gasteiger partial charge in [-0.15, -0.1) is 0 Å². The van der Waals surface area contributed by atoms with Gasteiger partial charge in [0.1, 0.15) is 24.4 Å². The van der Waals surface area contributed by atoms with Gasteiger partial charge in [-0.25, -0.2) is 13.2 Å². The zero-order chi connectivity index (χ0) is 11.5. The molecule has 0 saturated carbocycles. The first-order valence-electron chi connectivity index (χ1n) is 5.06. The number of rotatable bonds is 2. The Labute approximate surface area is 91.5 Å². The van der Waals surface area contributed by atoms with E-state index in [-0.39, 0.29) is 0 Å². The molecular weight excluding hydrogens is 217 g/mol. The first kappa shape index (κ1) is 11.0. The average Bonchev–Trinajstić information content (AvgIpc) is 2.29. The summed E-state index contributed by atoms with van der Waals surface area (Å²) in [6, 6.07) is 3.40. The van der Waals surface area contributed by atoms with Gasteiger partial charge in [0.2, 0.25) is 0 Å². The van der Waals surface area contributed by atoms with E-state index >= 15 is 0 Å². The van der Waals surface area contributed by atoms with E-state index < -0.39 is 24.4 Å². The molecule has 0 aromatic heterocycles. The van der Waals surface area contributed by atoms with Crippen LogP contribution in [0.15, 0.2) is 24.5 Å². The van der Waals surface area contributed by atoms with Gasteiger partial charge in [0.25, 0.3) is 0 Å². The maximum Gasteiger partial charge on any atom is 0.133 e. The van der Waals surface area contributed by atoms with E-state index in [4.69, 9.17) is 4.74 Å². The molecule has 16 heavy (non-hydrogen) atoms. The maximum atomic E-state index is 13.4. The molecule has 0 saturated heterocycles. The molecule has 0 spiro atoms. The van der Waals surface area contributed by atoms with Crippen molar-refractivity contribution >= 4 is 5.57 Å². The Morgan fingerprint density at radius 2 is 2.12 bits per heavy atom. The zero-order valence-electron chi connectivity index (χ0n) is 8.55. The third kappa shape index (κ3) is 2.21. The highest BCUT2D eigenvalue weighted by molar-refractivity contribution is 5.65. The van der Waals surface area contributed by atoms with Crippen molar-refractivity contribution in [1.82, 2.24) is 0 Å². The fraction of sp³-hybridized carbons (Fsp3) is 0.333. The summed E-state index contributed by atoms with van der Waals surface area (Å²) >= 11 is 0. The summed E-state index contributed by atoms with van der Waals surface area (Å²) in [7, 11) is 0. The highest BCUT2D eigenvalue weighted by Crippen LogP contribution is 2.28. The lowest BCUT2D eigenvalue weighted by molar-refractivity contribution is 0.100. The fourth-order valence-electron chi connectivity index (χ4n) is 1.68. The number of hydrogen-bond donors (Lipinski definition) is 0. The Kier molecular flexibility index (Phi) is 3.17. The highest BCUT2D eigenvalue weighted by Gasteiger charge is 2.18. The molecule has 1 aromatic carbocycles. The van der Waals surface area contributed by atoms with Crippen molar-refractivity contribution in [2.75, 3.05) is 6.67 Å². The Hall–Kier alpha value is -1.45. The molecule has 0 radical (unpaired) electrons. The van der Waals surface area contributed by atoms with Gasteiger partial charge in [-0.3, -0.25) is 0 Å². The SMILES string of the molecule is FCC1CCC(c2ccc(F)cc2F)=CO1. The maximum absolute atomic E-state index is 13.4. The van der Waals surface area contributed by atoms with Crippen molar-refractivity contribution in [3.05, 3.63) is 41.7 Å². The second-order valence-corrected chi connectivity index (χ2v) is 3.72. The summed E-state index contributed by atoms with van der Waals surface area (Å²) in [6.45, 7) is -0.546. The molecule has 0 bridgehead atoms. The molecule has 1 aliphatic rings. The van der Waals surface area contributed by atoms with Crippen LogP contribution in [0.1, 0.15) is 18.4 Å². The second kappa shape index (κ2) is 4.60. The predicted molar refractivity (Wildman–Crippen MR) is 54.4 cm³/mol. The molecule has 86 valence electrons. The summed E-state index contributed by atoms with van der Waals surface area (Å²) in [5.74, 6) is -1.23. The van der Waals surface area contributed by atoms with E-state index in [2.05, 4.69) is 0 Å². The molecule has 1 nitrogen and oxygen atoms in total. The molecule has 4 heteroatoms. The van der Waals surface area contributed by atoms with Gasteiger partial charge in [-0.2, -0.15) is 0 Å². The fourth-order valence-corrected chi connectivity index (χ4v) is 1.68. The molecule has 0 fully saturated rings. The van der Waals surface area contributed by atoms with Crippen LogP contribution in [0.4, 0.5) is 13.2 Å². The minimum atomic E-state index is -0.617. The van der Waals surface area contributed by atoms with Crippen LogP contribution in [0.3, 0.4) is 0 Å². The molecule has 1 atom stereocenters. The van der Waals surface area contributed by atoms with Gasteiger partial charge in [-0.1, -0.05) is 0 Å². The number of ether oxygens (including phenoxy) is 1. The number of benzene rings is 1. The third-order valence-corrected chi connectivity index (χ3v) is 2.59. The summed E-state index contributed by atoms with van der Waals surface area (Å²) < 4.78 is 43.4. The Balaban J connectivity index is 2.22. The largest absolute Gasteiger partial charge is 0.495 e. The Morgan fingerprint density at radius 3 is 2.69 bits per heavy atom. The van der Waals surface area contributed by atoms with E-state index in [0.717, 1.165) is 6.07 Å². The highest BCUT2D eigenvalue weighted by atomic mass is 19.1. The van der Waals surface area contributed by atoms with Crippen LogP contribution in [0.2, 0.25) is 0 Å². The average molecular weight is 228 g/mol. The van der Waals surface area contributed by atoms with Crippen LogP contribution < -0.4 is 0 Å². The van der Waals surface area contributed by atoms with Crippen molar-refractivity contribution in [3.63, 3.8) is 0 Å². The molecule has 0 N–H and O–H groups in total. The summed E-state index contributed by atoms with van der Waals surface area (Å²) in [5.41, 5.74) is 0.959. The Bertz CT molecular complexity index is 415. The van der Waals surface area contributed by atoms with Crippen LogP contribution in [-0.4, -0.2) is 12.8 Å². The van der Waals surface area contributed by atoms with Crippen LogP contribution in [0, 0.1) is 11.6 Å². The number of halogens is 3. The van der Waals surface area contributed by atoms with Crippen LogP contribution in [0.5, 0.6) is 0 Å². The minimum absolute atomic E-state index is 0.318. The van der Waals surface area contributed by atoms with Crippen molar-refractivity contribution in [1.29, 1.82) is 0 Å². The predicted octanol–water partition coefficient (Wildman–Crippen LogP) is 3.45. The first-order valence-corrected chi connectivity index (χ1v) is 5.06. The normalized spacial score (nSPS) is 20.2. The monoisotopic (exact) mass is 228 g/mol. The lowest BCUT2D eigenvalue weighted by atomic mass is 9.98. The zero-order valence-corrected chi connectivity index (χ0v) is 8.55. The summed E-state index contributed by atoms with van der Waals surface area (Å²) in [4.78, 5) is 0. The lowest BCUT2D eigenvalue weighted by Gasteiger charge is -2.21. The van der Waals surface area contributed by atoms with Gasteiger partial charge < -0.3 is 4.74 Å². The molecule has 0 amide bonds. The summed E-state index contributed by atoms with van der Waals surface area (Å²) in [6.07, 6.45) is 1.98.